The predicted molar refractivity (Wildman–Crippen MR) is 112 cm³/mol. The molecule has 0 bridgehead atoms. The fourth-order valence-electron chi connectivity index (χ4n) is 3.33. The number of hydrogen-bond donors (Lipinski definition) is 0. The predicted octanol–water partition coefficient (Wildman–Crippen LogP) is 3.40. The Morgan fingerprint density at radius 1 is 1.17 bits per heavy atom. The normalized spacial score (nSPS) is 15.1. The Morgan fingerprint density at radius 3 is 2.63 bits per heavy atom. The van der Waals surface area contributed by atoms with Crippen molar-refractivity contribution in [1.82, 2.24) is 24.9 Å². The lowest BCUT2D eigenvalue weighted by molar-refractivity contribution is -0.0156. The lowest BCUT2D eigenvalue weighted by Gasteiger charge is -2.39. The summed E-state index contributed by atoms with van der Waals surface area (Å²) in [7, 11) is 6.28. The summed E-state index contributed by atoms with van der Waals surface area (Å²) < 4.78 is 12.6. The monoisotopic (exact) mass is 417 g/mol. The molecule has 4 aromatic rings. The van der Waals surface area contributed by atoms with Gasteiger partial charge < -0.3 is 9.26 Å². The standard InChI is InChI=1S/C21H17BClN5O2/c1-13-8-17(26-28(13)10-14-2-7-18(23)24-9-14)20-25-19(27-30-20)15-3-5-16(6-4-15)21(22)11-29-12-21/h2-9H,10-12H2,1H3. The minimum Gasteiger partial charge on any atom is -0.381 e. The van der Waals surface area contributed by atoms with Gasteiger partial charge >= 0.3 is 0 Å². The van der Waals surface area contributed by atoms with E-state index in [0.717, 1.165) is 22.4 Å². The highest BCUT2D eigenvalue weighted by molar-refractivity contribution is 6.29. The molecule has 1 saturated heterocycles. The molecule has 1 fully saturated rings. The maximum atomic E-state index is 6.28. The van der Waals surface area contributed by atoms with Crippen LogP contribution in [0.4, 0.5) is 0 Å². The molecule has 0 saturated carbocycles. The summed E-state index contributed by atoms with van der Waals surface area (Å²) in [5, 5.41) is 8.77. The molecule has 3 aromatic heterocycles. The molecule has 7 nitrogen and oxygen atoms in total. The van der Waals surface area contributed by atoms with Crippen LogP contribution >= 0.6 is 11.6 Å². The number of aryl methyl sites for hydroxylation is 1. The van der Waals surface area contributed by atoms with Gasteiger partial charge in [-0.25, -0.2) is 4.98 Å². The summed E-state index contributed by atoms with van der Waals surface area (Å²) in [6.45, 7) is 3.62. The third-order valence-corrected chi connectivity index (χ3v) is 5.41. The summed E-state index contributed by atoms with van der Waals surface area (Å²) in [4.78, 5) is 8.62. The van der Waals surface area contributed by atoms with Gasteiger partial charge in [0.1, 0.15) is 5.15 Å². The first kappa shape index (κ1) is 19.0. The van der Waals surface area contributed by atoms with Gasteiger partial charge in [0.15, 0.2) is 5.69 Å². The molecule has 0 aliphatic carbocycles. The topological polar surface area (TPSA) is 78.9 Å². The minimum atomic E-state index is -0.398. The average molecular weight is 418 g/mol. The van der Waals surface area contributed by atoms with Gasteiger partial charge in [0.2, 0.25) is 5.82 Å². The van der Waals surface area contributed by atoms with E-state index >= 15 is 0 Å². The number of benzene rings is 1. The number of hydrogen-bond acceptors (Lipinski definition) is 6. The highest BCUT2D eigenvalue weighted by atomic mass is 35.5. The number of aromatic nitrogens is 5. The summed E-state index contributed by atoms with van der Waals surface area (Å²) >= 11 is 5.85. The molecular formula is C21H17BClN5O2. The van der Waals surface area contributed by atoms with Crippen LogP contribution in [0.15, 0.2) is 53.2 Å². The minimum absolute atomic E-state index is 0.368. The Balaban J connectivity index is 1.36. The molecule has 30 heavy (non-hydrogen) atoms. The number of rotatable bonds is 5. The van der Waals surface area contributed by atoms with E-state index in [9.17, 15) is 0 Å². The zero-order valence-corrected chi connectivity index (χ0v) is 17.0. The van der Waals surface area contributed by atoms with E-state index in [-0.39, 0.29) is 0 Å². The van der Waals surface area contributed by atoms with Gasteiger partial charge in [0.05, 0.1) is 27.6 Å². The fourth-order valence-corrected chi connectivity index (χ4v) is 3.44. The average Bonchev–Trinajstić information content (AvgIpc) is 3.35. The molecule has 4 heterocycles. The molecule has 0 atom stereocenters. The van der Waals surface area contributed by atoms with Crippen molar-refractivity contribution < 1.29 is 9.26 Å². The zero-order chi connectivity index (χ0) is 20.7. The first-order valence-electron chi connectivity index (χ1n) is 9.47. The molecule has 5 rings (SSSR count). The van der Waals surface area contributed by atoms with E-state index in [4.69, 9.17) is 28.7 Å². The van der Waals surface area contributed by atoms with Gasteiger partial charge in [0.25, 0.3) is 5.89 Å². The molecule has 0 unspecified atom stereocenters. The van der Waals surface area contributed by atoms with Gasteiger partial charge in [0, 0.05) is 22.8 Å². The first-order chi connectivity index (χ1) is 14.5. The van der Waals surface area contributed by atoms with Crippen molar-refractivity contribution in [1.29, 1.82) is 0 Å². The van der Waals surface area contributed by atoms with Crippen LogP contribution in [0.1, 0.15) is 16.8 Å². The highest BCUT2D eigenvalue weighted by Crippen LogP contribution is 2.30. The number of halogens is 1. The Hall–Kier alpha value is -2.97. The Morgan fingerprint density at radius 2 is 1.97 bits per heavy atom. The van der Waals surface area contributed by atoms with E-state index in [2.05, 4.69) is 20.2 Å². The lowest BCUT2D eigenvalue weighted by atomic mass is 9.62. The quantitative estimate of drug-likeness (QED) is 0.366. The van der Waals surface area contributed by atoms with E-state index in [1.807, 2.05) is 48.0 Å². The van der Waals surface area contributed by atoms with Crippen LogP contribution in [0.25, 0.3) is 23.0 Å². The van der Waals surface area contributed by atoms with Gasteiger partial charge in [-0.3, -0.25) is 4.68 Å². The second kappa shape index (κ2) is 7.38. The molecule has 0 spiro atoms. The second-order valence-corrected chi connectivity index (χ2v) is 7.85. The first-order valence-corrected chi connectivity index (χ1v) is 9.84. The second-order valence-electron chi connectivity index (χ2n) is 7.47. The SMILES string of the molecule is [B]C1(c2ccc(-c3noc(-c4cc(C)n(Cc5ccc(Cl)nc5)n4)n3)cc2)COC1. The summed E-state index contributed by atoms with van der Waals surface area (Å²) in [5.41, 5.74) is 4.48. The molecule has 0 N–H and O–H groups in total. The molecule has 9 heteroatoms. The molecular weight excluding hydrogens is 401 g/mol. The Bertz CT molecular complexity index is 1180. The van der Waals surface area contributed by atoms with Crippen LogP contribution in [-0.2, 0) is 16.6 Å². The summed E-state index contributed by atoms with van der Waals surface area (Å²) in [5.74, 6) is 0.870. The zero-order valence-electron chi connectivity index (χ0n) is 16.2. The van der Waals surface area contributed by atoms with E-state index in [0.29, 0.717) is 42.3 Å². The Kier molecular flexibility index (Phi) is 4.68. The summed E-state index contributed by atoms with van der Waals surface area (Å²) in [6.07, 6.45) is 1.73. The van der Waals surface area contributed by atoms with Crippen molar-refractivity contribution >= 4 is 19.4 Å². The third kappa shape index (κ3) is 3.53. The van der Waals surface area contributed by atoms with Crippen LogP contribution in [0, 0.1) is 6.92 Å². The molecule has 1 aliphatic heterocycles. The molecule has 2 radical (unpaired) electrons. The van der Waals surface area contributed by atoms with Gasteiger partial charge in [-0.15, -0.1) is 0 Å². The smallest absolute Gasteiger partial charge is 0.278 e. The maximum Gasteiger partial charge on any atom is 0.278 e. The van der Waals surface area contributed by atoms with Crippen molar-refractivity contribution in [2.24, 2.45) is 0 Å². The molecule has 148 valence electrons. The van der Waals surface area contributed by atoms with Gasteiger partial charge in [-0.1, -0.05) is 47.1 Å². The van der Waals surface area contributed by atoms with Gasteiger partial charge in [-0.2, -0.15) is 10.1 Å². The van der Waals surface area contributed by atoms with E-state index in [1.54, 1.807) is 12.3 Å². The molecule has 1 aromatic carbocycles. The van der Waals surface area contributed by atoms with Crippen LogP contribution < -0.4 is 0 Å². The lowest BCUT2D eigenvalue weighted by Crippen LogP contribution is -2.47. The third-order valence-electron chi connectivity index (χ3n) is 5.18. The largest absolute Gasteiger partial charge is 0.381 e. The number of pyridine rings is 1. The highest BCUT2D eigenvalue weighted by Gasteiger charge is 2.34. The van der Waals surface area contributed by atoms with E-state index < -0.39 is 5.31 Å². The van der Waals surface area contributed by atoms with Crippen LogP contribution in [0.5, 0.6) is 0 Å². The van der Waals surface area contributed by atoms with Crippen LogP contribution in [-0.4, -0.2) is 46.0 Å². The fraction of sp³-hybridized carbons (Fsp3) is 0.238. The van der Waals surface area contributed by atoms with Crippen molar-refractivity contribution in [3.8, 4) is 23.0 Å². The number of nitrogens with zero attached hydrogens (tertiary/aromatic N) is 5. The molecule has 0 amide bonds. The molecule has 1 aliphatic rings. The van der Waals surface area contributed by atoms with Crippen molar-refractivity contribution in [2.75, 3.05) is 13.2 Å². The van der Waals surface area contributed by atoms with Crippen molar-refractivity contribution in [2.45, 2.75) is 18.8 Å². The van der Waals surface area contributed by atoms with E-state index in [1.165, 1.54) is 0 Å². The van der Waals surface area contributed by atoms with Crippen molar-refractivity contribution in [3.05, 3.63) is 70.6 Å². The Labute approximate surface area is 179 Å². The summed E-state index contributed by atoms with van der Waals surface area (Å²) in [6, 6.07) is 13.4. The maximum absolute atomic E-state index is 6.28. The van der Waals surface area contributed by atoms with Crippen molar-refractivity contribution in [3.63, 3.8) is 0 Å². The number of ether oxygens (including phenoxy) is 1. The van der Waals surface area contributed by atoms with Crippen LogP contribution in [0.3, 0.4) is 0 Å². The van der Waals surface area contributed by atoms with Crippen LogP contribution in [0.2, 0.25) is 5.15 Å². The van der Waals surface area contributed by atoms with Gasteiger partial charge in [-0.05, 0) is 30.2 Å².